The number of fused-ring (bicyclic) bond motifs is 4. The van der Waals surface area contributed by atoms with E-state index >= 15 is 0 Å². The Kier molecular flexibility index (Phi) is 6.54. The zero-order valence-electron chi connectivity index (χ0n) is 24.9. The van der Waals surface area contributed by atoms with Crippen LogP contribution in [0, 0.1) is 0 Å². The molecule has 4 aromatic heterocycles. The first-order chi connectivity index (χ1) is 23.3. The fraction of sp³-hybridized carbons (Fsp3) is 0. The molecule has 0 bridgehead atoms. The summed E-state index contributed by atoms with van der Waals surface area (Å²) < 4.78 is 1.23. The van der Waals surface area contributed by atoms with E-state index in [9.17, 15) is 0 Å². The first-order valence-corrected chi connectivity index (χ1v) is 16.1. The third kappa shape index (κ3) is 4.99. The molecule has 0 saturated carbocycles. The van der Waals surface area contributed by atoms with E-state index in [0.717, 1.165) is 60.2 Å². The predicted octanol–water partition coefficient (Wildman–Crippen LogP) is 9.91. The zero-order valence-corrected chi connectivity index (χ0v) is 25.8. The Morgan fingerprint density at radius 2 is 1.04 bits per heavy atom. The first-order valence-electron chi connectivity index (χ1n) is 15.3. The smallest absolute Gasteiger partial charge is 0.164 e. The average Bonchev–Trinajstić information content (AvgIpc) is 3.53. The molecule has 0 amide bonds. The molecular weight excluding hydrogens is 597 g/mol. The Bertz CT molecular complexity index is 2520. The van der Waals surface area contributed by atoms with E-state index in [0.29, 0.717) is 17.5 Å². The van der Waals surface area contributed by atoms with Crippen LogP contribution in [0.3, 0.4) is 0 Å². The van der Waals surface area contributed by atoms with Crippen LogP contribution in [0.4, 0.5) is 0 Å². The lowest BCUT2D eigenvalue weighted by atomic mass is 9.99. The van der Waals surface area contributed by atoms with Crippen LogP contribution in [0.15, 0.2) is 146 Å². The van der Waals surface area contributed by atoms with Crippen LogP contribution < -0.4 is 0 Å². The minimum atomic E-state index is 0.621. The molecular formula is C40H24N6S. The van der Waals surface area contributed by atoms with Crippen LogP contribution in [-0.4, -0.2) is 30.1 Å². The van der Waals surface area contributed by atoms with Gasteiger partial charge in [-0.3, -0.25) is 0 Å². The number of pyridine rings is 1. The van der Waals surface area contributed by atoms with Gasteiger partial charge < -0.3 is 0 Å². The summed E-state index contributed by atoms with van der Waals surface area (Å²) in [6.45, 7) is 0. The van der Waals surface area contributed by atoms with Crippen molar-refractivity contribution in [1.82, 2.24) is 30.1 Å². The molecule has 0 fully saturated rings. The summed E-state index contributed by atoms with van der Waals surface area (Å²) in [5.74, 6) is 1.90. The summed E-state index contributed by atoms with van der Waals surface area (Å²) >= 11 is 1.70. The van der Waals surface area contributed by atoms with Gasteiger partial charge in [-0.1, -0.05) is 109 Å². The quantitative estimate of drug-likeness (QED) is 0.191. The highest BCUT2D eigenvalue weighted by Crippen LogP contribution is 2.36. The van der Waals surface area contributed by atoms with E-state index in [2.05, 4.69) is 70.9 Å². The minimum absolute atomic E-state index is 0.621. The fourth-order valence-electron chi connectivity index (χ4n) is 5.97. The van der Waals surface area contributed by atoms with Gasteiger partial charge >= 0.3 is 0 Å². The highest BCUT2D eigenvalue weighted by atomic mass is 32.1. The van der Waals surface area contributed by atoms with Gasteiger partial charge in [-0.2, -0.15) is 5.10 Å². The van der Waals surface area contributed by atoms with Crippen LogP contribution in [0.1, 0.15) is 0 Å². The van der Waals surface area contributed by atoms with Gasteiger partial charge in [-0.05, 0) is 41.5 Å². The second-order valence-electron chi connectivity index (χ2n) is 11.3. The zero-order chi connectivity index (χ0) is 31.2. The summed E-state index contributed by atoms with van der Waals surface area (Å²) in [6.07, 6.45) is 1.81. The summed E-state index contributed by atoms with van der Waals surface area (Å²) in [5.41, 5.74) is 6.49. The number of aromatic nitrogens is 6. The lowest BCUT2D eigenvalue weighted by Gasteiger charge is -2.10. The number of benzene rings is 5. The fourth-order valence-corrected chi connectivity index (χ4v) is 7.04. The van der Waals surface area contributed by atoms with Crippen molar-refractivity contribution in [2.45, 2.75) is 0 Å². The largest absolute Gasteiger partial charge is 0.235 e. The van der Waals surface area contributed by atoms with Gasteiger partial charge in [0.15, 0.2) is 17.5 Å². The van der Waals surface area contributed by atoms with Gasteiger partial charge in [-0.25, -0.2) is 19.9 Å². The molecule has 4 heterocycles. The molecule has 0 atom stereocenters. The van der Waals surface area contributed by atoms with Crippen molar-refractivity contribution >= 4 is 42.4 Å². The van der Waals surface area contributed by atoms with E-state index in [-0.39, 0.29) is 0 Å². The summed E-state index contributed by atoms with van der Waals surface area (Å²) in [5, 5.41) is 13.3. The van der Waals surface area contributed by atoms with Gasteiger partial charge in [0.05, 0.1) is 11.9 Å². The summed E-state index contributed by atoms with van der Waals surface area (Å²) in [4.78, 5) is 20.7. The van der Waals surface area contributed by atoms with E-state index in [1.165, 1.54) is 10.1 Å². The molecule has 220 valence electrons. The van der Waals surface area contributed by atoms with Crippen LogP contribution in [0.5, 0.6) is 0 Å². The standard InChI is InChI=1S/C40H24N6S/c1-3-10-25(11-4-1)37-43-38(26-12-5-2-6-13-26)45-39(44-37)29-15-9-14-27(22-29)28-18-19-31-30(23-28)24-41-46-36(31)34-21-20-33-32-16-7-8-17-35(32)47-40(33)42-34/h1-24H. The molecule has 9 rings (SSSR count). The molecule has 5 aromatic carbocycles. The van der Waals surface area contributed by atoms with Crippen molar-refractivity contribution in [2.75, 3.05) is 0 Å². The molecule has 0 aliphatic carbocycles. The Balaban J connectivity index is 1.11. The molecule has 0 unspecified atom stereocenters. The van der Waals surface area contributed by atoms with E-state index in [4.69, 9.17) is 19.9 Å². The molecule has 7 heteroatoms. The van der Waals surface area contributed by atoms with Gasteiger partial charge in [-0.15, -0.1) is 16.4 Å². The van der Waals surface area contributed by atoms with Crippen LogP contribution >= 0.6 is 11.3 Å². The number of thiophene rings is 1. The molecule has 47 heavy (non-hydrogen) atoms. The van der Waals surface area contributed by atoms with E-state index in [1.807, 2.05) is 85.1 Å². The maximum atomic E-state index is 5.01. The van der Waals surface area contributed by atoms with Crippen molar-refractivity contribution < 1.29 is 0 Å². The number of hydrogen-bond acceptors (Lipinski definition) is 7. The topological polar surface area (TPSA) is 77.3 Å². The van der Waals surface area contributed by atoms with Gasteiger partial charge in [0, 0.05) is 42.9 Å². The minimum Gasteiger partial charge on any atom is -0.235 e. The van der Waals surface area contributed by atoms with Crippen molar-refractivity contribution in [1.29, 1.82) is 0 Å². The van der Waals surface area contributed by atoms with Crippen molar-refractivity contribution in [3.63, 3.8) is 0 Å². The van der Waals surface area contributed by atoms with E-state index < -0.39 is 0 Å². The number of hydrogen-bond donors (Lipinski definition) is 0. The highest BCUT2D eigenvalue weighted by Gasteiger charge is 2.15. The summed E-state index contributed by atoms with van der Waals surface area (Å²) in [6, 6.07) is 47.4. The monoisotopic (exact) mass is 620 g/mol. The molecule has 0 spiro atoms. The first kappa shape index (κ1) is 27.2. The Morgan fingerprint density at radius 3 is 1.81 bits per heavy atom. The predicted molar refractivity (Wildman–Crippen MR) is 191 cm³/mol. The lowest BCUT2D eigenvalue weighted by molar-refractivity contribution is 1.05. The molecule has 0 radical (unpaired) electrons. The summed E-state index contributed by atoms with van der Waals surface area (Å²) in [7, 11) is 0. The third-order valence-electron chi connectivity index (χ3n) is 8.30. The van der Waals surface area contributed by atoms with Crippen molar-refractivity contribution in [3.8, 4) is 56.7 Å². The average molecular weight is 621 g/mol. The maximum Gasteiger partial charge on any atom is 0.164 e. The Morgan fingerprint density at radius 1 is 0.426 bits per heavy atom. The van der Waals surface area contributed by atoms with Gasteiger partial charge in [0.25, 0.3) is 0 Å². The Hall–Kier alpha value is -6.18. The molecule has 0 aliphatic rings. The number of nitrogens with zero attached hydrogens (tertiary/aromatic N) is 6. The Labute approximate surface area is 274 Å². The van der Waals surface area contributed by atoms with Gasteiger partial charge in [0.1, 0.15) is 10.5 Å². The van der Waals surface area contributed by atoms with Crippen molar-refractivity contribution in [3.05, 3.63) is 146 Å². The lowest BCUT2D eigenvalue weighted by Crippen LogP contribution is -2.00. The molecule has 9 aromatic rings. The third-order valence-corrected chi connectivity index (χ3v) is 9.38. The second-order valence-corrected chi connectivity index (χ2v) is 12.3. The SMILES string of the molecule is c1ccc(-c2nc(-c3ccccc3)nc(-c3cccc(-c4ccc5c(-c6ccc7c(n6)sc6ccccc67)nncc5c4)c3)n2)cc1. The molecule has 0 saturated heterocycles. The maximum absolute atomic E-state index is 5.01. The molecule has 0 aliphatic heterocycles. The molecule has 0 N–H and O–H groups in total. The normalized spacial score (nSPS) is 11.4. The van der Waals surface area contributed by atoms with Crippen molar-refractivity contribution in [2.24, 2.45) is 0 Å². The van der Waals surface area contributed by atoms with Crippen LogP contribution in [0.25, 0.3) is 87.8 Å². The second kappa shape index (κ2) is 11.3. The molecule has 6 nitrogen and oxygen atoms in total. The van der Waals surface area contributed by atoms with Gasteiger partial charge in [0.2, 0.25) is 0 Å². The highest BCUT2D eigenvalue weighted by molar-refractivity contribution is 7.25. The van der Waals surface area contributed by atoms with E-state index in [1.54, 1.807) is 11.3 Å². The number of rotatable bonds is 5. The van der Waals surface area contributed by atoms with Crippen LogP contribution in [0.2, 0.25) is 0 Å². The van der Waals surface area contributed by atoms with Crippen LogP contribution in [-0.2, 0) is 0 Å².